The van der Waals surface area contributed by atoms with Crippen molar-refractivity contribution in [3.8, 4) is 11.8 Å². The minimum atomic E-state index is -0.373. The maximum atomic E-state index is 12.5. The molecule has 1 fully saturated rings. The molecule has 1 N–H and O–H groups in total. The van der Waals surface area contributed by atoms with E-state index in [0.29, 0.717) is 19.7 Å². The van der Waals surface area contributed by atoms with Gasteiger partial charge in [0.25, 0.3) is 5.91 Å². The number of nitrogens with zero attached hydrogens (tertiary/aromatic N) is 2. The molecule has 1 saturated heterocycles. The Morgan fingerprint density at radius 3 is 2.81 bits per heavy atom. The van der Waals surface area contributed by atoms with Crippen LogP contribution >= 0.6 is 0 Å². The van der Waals surface area contributed by atoms with Gasteiger partial charge in [-0.3, -0.25) is 4.79 Å². The van der Waals surface area contributed by atoms with Crippen molar-refractivity contribution in [1.82, 2.24) is 9.88 Å². The quantitative estimate of drug-likeness (QED) is 0.447. The molecule has 1 aliphatic rings. The molecule has 0 saturated carbocycles. The first-order valence-corrected chi connectivity index (χ1v) is 10.5. The van der Waals surface area contributed by atoms with Crippen molar-refractivity contribution in [2.24, 2.45) is 0 Å². The summed E-state index contributed by atoms with van der Waals surface area (Å²) in [6.07, 6.45) is 5.60. The highest BCUT2D eigenvalue weighted by Crippen LogP contribution is 2.24. The Hall–Kier alpha value is -3.56. The van der Waals surface area contributed by atoms with Crippen LogP contribution in [0.1, 0.15) is 18.4 Å². The molecule has 0 bridgehead atoms. The van der Waals surface area contributed by atoms with Crippen molar-refractivity contribution < 1.29 is 14.3 Å². The Morgan fingerprint density at radius 2 is 2.03 bits per heavy atom. The van der Waals surface area contributed by atoms with E-state index in [4.69, 9.17) is 9.47 Å². The largest absolute Gasteiger partial charge is 0.492 e. The number of nitriles is 1. The van der Waals surface area contributed by atoms with Gasteiger partial charge in [-0.25, -0.2) is 0 Å². The van der Waals surface area contributed by atoms with Gasteiger partial charge in [0.2, 0.25) is 0 Å². The molecule has 2 aromatic carbocycles. The number of carbonyl (C=O) groups excluding carboxylic acids is 1. The van der Waals surface area contributed by atoms with Crippen LogP contribution in [0, 0.1) is 11.3 Å². The first kappa shape index (κ1) is 20.7. The lowest BCUT2D eigenvalue weighted by Crippen LogP contribution is -2.32. The fraction of sp³-hybridized carbons (Fsp3) is 0.280. The fourth-order valence-corrected chi connectivity index (χ4v) is 3.76. The molecule has 0 aliphatic carbocycles. The van der Waals surface area contributed by atoms with Gasteiger partial charge < -0.3 is 19.4 Å². The third-order valence-electron chi connectivity index (χ3n) is 5.34. The highest BCUT2D eigenvalue weighted by molar-refractivity contribution is 6.04. The van der Waals surface area contributed by atoms with E-state index in [9.17, 15) is 10.1 Å². The molecule has 6 nitrogen and oxygen atoms in total. The van der Waals surface area contributed by atoms with Gasteiger partial charge in [0, 0.05) is 35.8 Å². The van der Waals surface area contributed by atoms with Gasteiger partial charge in [-0.05, 0) is 37.1 Å². The lowest BCUT2D eigenvalue weighted by atomic mass is 10.1. The van der Waals surface area contributed by atoms with Gasteiger partial charge in [0.05, 0.1) is 12.6 Å². The van der Waals surface area contributed by atoms with Crippen LogP contribution in [0.3, 0.4) is 0 Å². The van der Waals surface area contributed by atoms with Crippen LogP contribution in [0.5, 0.6) is 5.75 Å². The van der Waals surface area contributed by atoms with E-state index in [1.807, 2.05) is 66.9 Å². The van der Waals surface area contributed by atoms with Gasteiger partial charge >= 0.3 is 0 Å². The number of benzene rings is 2. The molecule has 0 spiro atoms. The Balaban J connectivity index is 1.49. The standard InChI is InChI=1S/C25H25N3O3/c26-16-19(25(29)27-17-22-9-6-13-30-22)15-20-18-28(24-11-5-4-10-23(20)24)12-14-31-21-7-2-1-3-8-21/h1-5,7-8,10-11,15,18,22H,6,9,12-14,17H2,(H,27,29)/b19-15+/t22-/m0/s1. The summed E-state index contributed by atoms with van der Waals surface area (Å²) >= 11 is 0. The second-order valence-electron chi connectivity index (χ2n) is 7.47. The molecule has 1 atom stereocenters. The zero-order valence-electron chi connectivity index (χ0n) is 17.3. The Labute approximate surface area is 181 Å². The molecule has 2 heterocycles. The predicted octanol–water partition coefficient (Wildman–Crippen LogP) is 3.92. The van der Waals surface area contributed by atoms with E-state index in [-0.39, 0.29) is 17.6 Å². The number of amides is 1. The van der Waals surface area contributed by atoms with Crippen LogP contribution in [-0.2, 0) is 16.1 Å². The normalized spacial score (nSPS) is 16.2. The van der Waals surface area contributed by atoms with Gasteiger partial charge in [-0.1, -0.05) is 36.4 Å². The van der Waals surface area contributed by atoms with Crippen LogP contribution in [0.2, 0.25) is 0 Å². The van der Waals surface area contributed by atoms with Crippen molar-refractivity contribution in [2.45, 2.75) is 25.5 Å². The summed E-state index contributed by atoms with van der Waals surface area (Å²) < 4.78 is 13.4. The molecule has 158 valence electrons. The van der Waals surface area contributed by atoms with Crippen molar-refractivity contribution in [2.75, 3.05) is 19.8 Å². The molecule has 1 aliphatic heterocycles. The molecule has 0 radical (unpaired) electrons. The SMILES string of the molecule is N#C/C(=C\c1cn(CCOc2ccccc2)c2ccccc12)C(=O)NC[C@@H]1CCCO1. The summed E-state index contributed by atoms with van der Waals surface area (Å²) in [6.45, 7) is 2.32. The third kappa shape index (κ3) is 5.14. The maximum absolute atomic E-state index is 12.5. The summed E-state index contributed by atoms with van der Waals surface area (Å²) in [4.78, 5) is 12.5. The van der Waals surface area contributed by atoms with Crippen molar-refractivity contribution >= 4 is 22.9 Å². The molecule has 31 heavy (non-hydrogen) atoms. The zero-order valence-corrected chi connectivity index (χ0v) is 17.3. The van der Waals surface area contributed by atoms with E-state index in [2.05, 4.69) is 9.88 Å². The lowest BCUT2D eigenvalue weighted by molar-refractivity contribution is -0.117. The maximum Gasteiger partial charge on any atom is 0.262 e. The number of hydrogen-bond donors (Lipinski definition) is 1. The van der Waals surface area contributed by atoms with Crippen LogP contribution in [0.25, 0.3) is 17.0 Å². The lowest BCUT2D eigenvalue weighted by Gasteiger charge is -2.10. The van der Waals surface area contributed by atoms with Crippen LogP contribution in [-0.4, -0.2) is 36.3 Å². The molecular formula is C25H25N3O3. The first-order chi connectivity index (χ1) is 15.2. The Morgan fingerprint density at radius 1 is 1.23 bits per heavy atom. The van der Waals surface area contributed by atoms with Crippen LogP contribution in [0.4, 0.5) is 0 Å². The summed E-state index contributed by atoms with van der Waals surface area (Å²) in [6, 6.07) is 19.7. The minimum absolute atomic E-state index is 0.0374. The average molecular weight is 415 g/mol. The number of rotatable bonds is 8. The van der Waals surface area contributed by atoms with Gasteiger partial charge in [0.15, 0.2) is 0 Å². The molecular weight excluding hydrogens is 390 g/mol. The first-order valence-electron chi connectivity index (χ1n) is 10.5. The van der Waals surface area contributed by atoms with E-state index >= 15 is 0 Å². The number of carbonyl (C=O) groups is 1. The topological polar surface area (TPSA) is 76.3 Å². The van der Waals surface area contributed by atoms with Crippen LogP contribution < -0.4 is 10.1 Å². The average Bonchev–Trinajstić information content (AvgIpc) is 3.45. The number of fused-ring (bicyclic) bond motifs is 1. The van der Waals surface area contributed by atoms with Gasteiger partial charge in [-0.15, -0.1) is 0 Å². The summed E-state index contributed by atoms with van der Waals surface area (Å²) in [5.74, 6) is 0.455. The van der Waals surface area contributed by atoms with E-state index in [1.165, 1.54) is 0 Å². The molecule has 3 aromatic rings. The molecule has 1 aromatic heterocycles. The predicted molar refractivity (Wildman–Crippen MR) is 119 cm³/mol. The zero-order chi connectivity index (χ0) is 21.5. The van der Waals surface area contributed by atoms with E-state index < -0.39 is 0 Å². The minimum Gasteiger partial charge on any atom is -0.492 e. The number of ether oxygens (including phenoxy) is 2. The number of aromatic nitrogens is 1. The van der Waals surface area contributed by atoms with E-state index in [0.717, 1.165) is 41.7 Å². The van der Waals surface area contributed by atoms with Gasteiger partial charge in [-0.2, -0.15) is 5.26 Å². The Kier molecular flexibility index (Phi) is 6.65. The molecule has 1 amide bonds. The Bertz CT molecular complexity index is 1110. The summed E-state index contributed by atoms with van der Waals surface area (Å²) in [5, 5.41) is 13.4. The van der Waals surface area contributed by atoms with Gasteiger partial charge in [0.1, 0.15) is 24.0 Å². The molecule has 0 unspecified atom stereocenters. The second-order valence-corrected chi connectivity index (χ2v) is 7.47. The number of nitrogens with one attached hydrogen (secondary N) is 1. The number of para-hydroxylation sites is 2. The number of hydrogen-bond acceptors (Lipinski definition) is 4. The molecule has 6 heteroatoms. The van der Waals surface area contributed by atoms with Crippen molar-refractivity contribution in [1.29, 1.82) is 5.26 Å². The highest BCUT2D eigenvalue weighted by atomic mass is 16.5. The fourth-order valence-electron chi connectivity index (χ4n) is 3.76. The second kappa shape index (κ2) is 9.96. The summed E-state index contributed by atoms with van der Waals surface area (Å²) in [7, 11) is 0. The van der Waals surface area contributed by atoms with Crippen molar-refractivity contribution in [3.63, 3.8) is 0 Å². The summed E-state index contributed by atoms with van der Waals surface area (Å²) in [5.41, 5.74) is 1.95. The third-order valence-corrected chi connectivity index (χ3v) is 5.34. The monoisotopic (exact) mass is 415 g/mol. The highest BCUT2D eigenvalue weighted by Gasteiger charge is 2.18. The van der Waals surface area contributed by atoms with E-state index in [1.54, 1.807) is 6.08 Å². The molecule has 4 rings (SSSR count). The van der Waals surface area contributed by atoms with Crippen LogP contribution in [0.15, 0.2) is 66.4 Å². The smallest absolute Gasteiger partial charge is 0.262 e. The van der Waals surface area contributed by atoms with Crippen molar-refractivity contribution in [3.05, 3.63) is 71.9 Å².